The minimum Gasteiger partial charge on any atom is -0.314 e. The lowest BCUT2D eigenvalue weighted by Gasteiger charge is -2.00. The number of hydrogen-bond acceptors (Lipinski definition) is 3. The molecule has 3 rings (SSSR count). The van der Waals surface area contributed by atoms with Gasteiger partial charge in [-0.15, -0.1) is 11.3 Å². The predicted octanol–water partition coefficient (Wildman–Crippen LogP) is 3.41. The van der Waals surface area contributed by atoms with Crippen LogP contribution in [0, 0.1) is 0 Å². The molecule has 0 spiro atoms. The van der Waals surface area contributed by atoms with Gasteiger partial charge >= 0.3 is 0 Å². The molecule has 0 aliphatic heterocycles. The van der Waals surface area contributed by atoms with Crippen LogP contribution in [0.4, 0.5) is 0 Å². The molecule has 0 bridgehead atoms. The van der Waals surface area contributed by atoms with Crippen molar-refractivity contribution in [2.75, 3.05) is 7.05 Å². The molecule has 0 unspecified atom stereocenters. The molecule has 88 valence electrons. The summed E-state index contributed by atoms with van der Waals surface area (Å²) in [6.45, 7) is 0.855. The zero-order chi connectivity index (χ0) is 11.7. The summed E-state index contributed by atoms with van der Waals surface area (Å²) in [4.78, 5) is 6.13. The first-order valence-corrected chi connectivity index (χ1v) is 6.89. The predicted molar refractivity (Wildman–Crippen MR) is 72.3 cm³/mol. The first kappa shape index (κ1) is 10.9. The minimum absolute atomic E-state index is 0.744. The second-order valence-corrected chi connectivity index (χ2v) is 5.53. The quantitative estimate of drug-likeness (QED) is 0.891. The van der Waals surface area contributed by atoms with Gasteiger partial charge in [0.15, 0.2) is 0 Å². The molecule has 1 aliphatic carbocycles. The Bertz CT molecular complexity index is 500. The second kappa shape index (κ2) is 4.59. The first-order chi connectivity index (χ1) is 8.38. The van der Waals surface area contributed by atoms with E-state index in [1.807, 2.05) is 18.4 Å². The molecular weight excluding hydrogens is 228 g/mol. The van der Waals surface area contributed by atoms with Gasteiger partial charge in [-0.1, -0.05) is 30.3 Å². The summed E-state index contributed by atoms with van der Waals surface area (Å²) >= 11 is 1.87. The highest BCUT2D eigenvalue weighted by Crippen LogP contribution is 2.44. The van der Waals surface area contributed by atoms with Gasteiger partial charge in [0.2, 0.25) is 0 Å². The third-order valence-corrected chi connectivity index (χ3v) is 4.33. The van der Waals surface area contributed by atoms with Crippen LogP contribution in [0.25, 0.3) is 10.4 Å². The molecule has 1 heterocycles. The van der Waals surface area contributed by atoms with Gasteiger partial charge in [-0.05, 0) is 25.5 Å². The lowest BCUT2D eigenvalue weighted by molar-refractivity contribution is 0.793. The average Bonchev–Trinajstić information content (AvgIpc) is 3.13. The fourth-order valence-corrected chi connectivity index (χ4v) is 3.23. The van der Waals surface area contributed by atoms with E-state index in [1.165, 1.54) is 34.0 Å². The monoisotopic (exact) mass is 244 g/mol. The molecule has 2 aromatic rings. The van der Waals surface area contributed by atoms with E-state index in [4.69, 9.17) is 4.98 Å². The summed E-state index contributed by atoms with van der Waals surface area (Å²) < 4.78 is 0. The topological polar surface area (TPSA) is 24.9 Å². The van der Waals surface area contributed by atoms with Gasteiger partial charge in [-0.2, -0.15) is 0 Å². The maximum absolute atomic E-state index is 4.79. The van der Waals surface area contributed by atoms with Crippen LogP contribution in [-0.4, -0.2) is 12.0 Å². The van der Waals surface area contributed by atoms with E-state index in [0.29, 0.717) is 0 Å². The Labute approximate surface area is 106 Å². The smallest absolute Gasteiger partial charge is 0.0966 e. The van der Waals surface area contributed by atoms with Crippen LogP contribution < -0.4 is 5.32 Å². The van der Waals surface area contributed by atoms with Gasteiger partial charge in [0.05, 0.1) is 15.6 Å². The molecule has 17 heavy (non-hydrogen) atoms. The molecule has 0 atom stereocenters. The van der Waals surface area contributed by atoms with E-state index >= 15 is 0 Å². The maximum Gasteiger partial charge on any atom is 0.0966 e. The van der Waals surface area contributed by atoms with Crippen molar-refractivity contribution in [2.45, 2.75) is 25.3 Å². The highest BCUT2D eigenvalue weighted by Gasteiger charge is 2.28. The van der Waals surface area contributed by atoms with Gasteiger partial charge < -0.3 is 5.32 Å². The number of nitrogens with one attached hydrogen (secondary N) is 1. The number of rotatable bonds is 4. The van der Waals surface area contributed by atoms with E-state index in [0.717, 1.165) is 12.5 Å². The van der Waals surface area contributed by atoms with Gasteiger partial charge in [0.25, 0.3) is 0 Å². The van der Waals surface area contributed by atoms with Crippen molar-refractivity contribution >= 4 is 11.3 Å². The molecule has 0 saturated heterocycles. The Hall–Kier alpha value is -1.19. The van der Waals surface area contributed by atoms with Crippen molar-refractivity contribution in [1.82, 2.24) is 10.3 Å². The molecule has 1 N–H and O–H groups in total. The van der Waals surface area contributed by atoms with Crippen LogP contribution in [0.15, 0.2) is 30.3 Å². The Balaban J connectivity index is 2.01. The first-order valence-electron chi connectivity index (χ1n) is 6.08. The largest absolute Gasteiger partial charge is 0.314 e. The summed E-state index contributed by atoms with van der Waals surface area (Å²) in [6, 6.07) is 10.6. The van der Waals surface area contributed by atoms with Crippen molar-refractivity contribution in [3.8, 4) is 10.4 Å². The van der Waals surface area contributed by atoms with Crippen molar-refractivity contribution in [2.24, 2.45) is 0 Å². The lowest BCUT2D eigenvalue weighted by Crippen LogP contribution is -2.06. The normalized spacial score (nSPS) is 15.1. The van der Waals surface area contributed by atoms with Gasteiger partial charge in [-0.3, -0.25) is 0 Å². The molecule has 1 saturated carbocycles. The van der Waals surface area contributed by atoms with Gasteiger partial charge in [0.1, 0.15) is 0 Å². The Morgan fingerprint density at radius 2 is 2.06 bits per heavy atom. The number of thiazole rings is 1. The summed E-state index contributed by atoms with van der Waals surface area (Å²) in [5.41, 5.74) is 2.49. The number of aromatic nitrogens is 1. The zero-order valence-electron chi connectivity index (χ0n) is 9.94. The molecule has 1 aliphatic rings. The van der Waals surface area contributed by atoms with Crippen LogP contribution in [0.3, 0.4) is 0 Å². The fourth-order valence-electron chi connectivity index (χ4n) is 1.98. The van der Waals surface area contributed by atoms with E-state index in [1.54, 1.807) is 0 Å². The molecule has 1 fully saturated rings. The second-order valence-electron chi connectivity index (χ2n) is 4.50. The Morgan fingerprint density at radius 1 is 1.29 bits per heavy atom. The maximum atomic E-state index is 4.79. The lowest BCUT2D eigenvalue weighted by atomic mass is 10.1. The third-order valence-electron chi connectivity index (χ3n) is 3.02. The molecule has 1 aromatic carbocycles. The van der Waals surface area contributed by atoms with Gasteiger partial charge in [0, 0.05) is 12.5 Å². The van der Waals surface area contributed by atoms with Crippen LogP contribution in [-0.2, 0) is 6.54 Å². The van der Waals surface area contributed by atoms with Crippen LogP contribution in [0.1, 0.15) is 29.5 Å². The molecule has 1 aromatic heterocycles. The molecule has 2 nitrogen and oxygen atoms in total. The average molecular weight is 244 g/mol. The zero-order valence-corrected chi connectivity index (χ0v) is 10.8. The van der Waals surface area contributed by atoms with Crippen LogP contribution in [0.2, 0.25) is 0 Å². The Kier molecular flexibility index (Phi) is 2.95. The van der Waals surface area contributed by atoms with Crippen molar-refractivity contribution in [3.63, 3.8) is 0 Å². The van der Waals surface area contributed by atoms with Crippen molar-refractivity contribution < 1.29 is 0 Å². The molecule has 0 radical (unpaired) electrons. The summed E-state index contributed by atoms with van der Waals surface area (Å²) in [5, 5.41) is 4.54. The van der Waals surface area contributed by atoms with Crippen molar-refractivity contribution in [3.05, 3.63) is 41.0 Å². The standard InChI is InChI=1S/C14H16N2S/c1-15-9-12-13(10-5-3-2-4-6-10)17-14(16-12)11-7-8-11/h2-6,11,15H,7-9H2,1H3. The SMILES string of the molecule is CNCc1nc(C2CC2)sc1-c1ccccc1. The summed E-state index contributed by atoms with van der Waals surface area (Å²) in [6.07, 6.45) is 2.64. The van der Waals surface area contributed by atoms with E-state index in [2.05, 4.69) is 35.6 Å². The third kappa shape index (κ3) is 2.26. The number of benzene rings is 1. The van der Waals surface area contributed by atoms with E-state index in [-0.39, 0.29) is 0 Å². The van der Waals surface area contributed by atoms with E-state index in [9.17, 15) is 0 Å². The summed E-state index contributed by atoms with van der Waals surface area (Å²) in [7, 11) is 1.98. The molecular formula is C14H16N2S. The van der Waals surface area contributed by atoms with Gasteiger partial charge in [-0.25, -0.2) is 4.98 Å². The van der Waals surface area contributed by atoms with Crippen LogP contribution >= 0.6 is 11.3 Å². The molecule has 3 heteroatoms. The van der Waals surface area contributed by atoms with E-state index < -0.39 is 0 Å². The molecule has 0 amide bonds. The van der Waals surface area contributed by atoms with Crippen molar-refractivity contribution in [1.29, 1.82) is 0 Å². The summed E-state index contributed by atoms with van der Waals surface area (Å²) in [5.74, 6) is 0.744. The highest BCUT2D eigenvalue weighted by atomic mass is 32.1. The van der Waals surface area contributed by atoms with Crippen LogP contribution in [0.5, 0.6) is 0 Å². The fraction of sp³-hybridized carbons (Fsp3) is 0.357. The minimum atomic E-state index is 0.744. The highest BCUT2D eigenvalue weighted by molar-refractivity contribution is 7.15. The number of hydrogen-bond donors (Lipinski definition) is 1. The number of nitrogens with zero attached hydrogens (tertiary/aromatic N) is 1. The Morgan fingerprint density at radius 3 is 2.71 bits per heavy atom.